The second kappa shape index (κ2) is 9.81. The first-order chi connectivity index (χ1) is 21.3. The summed E-state index contributed by atoms with van der Waals surface area (Å²) in [5.74, 6) is 0. The molecule has 7 aromatic carbocycles. The predicted molar refractivity (Wildman–Crippen MR) is 190 cm³/mol. The molecule has 0 bridgehead atoms. The van der Waals surface area contributed by atoms with Gasteiger partial charge >= 0.3 is 0 Å². The topological polar surface area (TPSA) is 3.24 Å². The van der Waals surface area contributed by atoms with E-state index in [-0.39, 0.29) is 0 Å². The number of rotatable bonds is 4. The van der Waals surface area contributed by atoms with Gasteiger partial charge in [-0.2, -0.15) is 0 Å². The maximum absolute atomic E-state index is 2.44. The van der Waals surface area contributed by atoms with Gasteiger partial charge in [-0.1, -0.05) is 91.0 Å². The monoisotopic (exact) mass is 583 g/mol. The Balaban J connectivity index is 1.27. The van der Waals surface area contributed by atoms with Crippen LogP contribution in [0.15, 0.2) is 152 Å². The van der Waals surface area contributed by atoms with Crippen molar-refractivity contribution in [1.82, 2.24) is 0 Å². The number of nitrogens with zero attached hydrogens (tertiary/aromatic N) is 1. The van der Waals surface area contributed by atoms with Crippen molar-refractivity contribution in [2.45, 2.75) is 0 Å². The maximum Gasteiger partial charge on any atom is 0.0554 e. The van der Waals surface area contributed by atoms with E-state index in [0.717, 1.165) is 11.4 Å². The Morgan fingerprint density at radius 2 is 1.02 bits per heavy atom. The Bertz CT molecular complexity index is 2450. The molecule has 0 atom stereocenters. The van der Waals surface area contributed by atoms with Gasteiger partial charge in [0.2, 0.25) is 0 Å². The molecule has 43 heavy (non-hydrogen) atoms. The number of anilines is 3. The largest absolute Gasteiger partial charge is 0.310 e. The van der Waals surface area contributed by atoms with Gasteiger partial charge < -0.3 is 4.90 Å². The molecule has 0 aliphatic rings. The average molecular weight is 584 g/mol. The van der Waals surface area contributed by atoms with Gasteiger partial charge in [0, 0.05) is 51.7 Å². The molecule has 2 heterocycles. The van der Waals surface area contributed by atoms with Crippen LogP contribution in [0.5, 0.6) is 0 Å². The number of fused-ring (bicyclic) bond motifs is 7. The Morgan fingerprint density at radius 1 is 0.372 bits per heavy atom. The van der Waals surface area contributed by atoms with Crippen molar-refractivity contribution in [3.05, 3.63) is 152 Å². The molecule has 0 aliphatic carbocycles. The van der Waals surface area contributed by atoms with Crippen LogP contribution in [-0.4, -0.2) is 0 Å². The summed E-state index contributed by atoms with van der Waals surface area (Å²) in [7, 11) is 0. The summed E-state index contributed by atoms with van der Waals surface area (Å²) in [6.07, 6.45) is 0. The highest BCUT2D eigenvalue weighted by molar-refractivity contribution is 7.26. The van der Waals surface area contributed by atoms with Gasteiger partial charge in [-0.15, -0.1) is 22.7 Å². The van der Waals surface area contributed by atoms with Gasteiger partial charge in [-0.3, -0.25) is 0 Å². The van der Waals surface area contributed by atoms with E-state index in [1.807, 2.05) is 22.7 Å². The molecule has 0 unspecified atom stereocenters. The fourth-order valence-corrected chi connectivity index (χ4v) is 8.66. The fraction of sp³-hybridized carbons (Fsp3) is 0. The van der Waals surface area contributed by atoms with E-state index in [0.29, 0.717) is 0 Å². The quantitative estimate of drug-likeness (QED) is 0.199. The van der Waals surface area contributed by atoms with Crippen molar-refractivity contribution < 1.29 is 0 Å². The van der Waals surface area contributed by atoms with Gasteiger partial charge in [-0.25, -0.2) is 0 Å². The molecule has 0 N–H and O–H groups in total. The molecule has 2 aromatic heterocycles. The third kappa shape index (κ3) is 4.04. The van der Waals surface area contributed by atoms with Crippen LogP contribution in [0, 0.1) is 0 Å². The zero-order valence-corrected chi connectivity index (χ0v) is 24.8. The van der Waals surface area contributed by atoms with Gasteiger partial charge in [0.15, 0.2) is 0 Å². The minimum atomic E-state index is 1.14. The minimum absolute atomic E-state index is 1.14. The lowest BCUT2D eigenvalue weighted by Gasteiger charge is -2.27. The second-order valence-corrected chi connectivity index (χ2v) is 13.1. The van der Waals surface area contributed by atoms with E-state index in [9.17, 15) is 0 Å². The molecule has 0 amide bonds. The average Bonchev–Trinajstić information content (AvgIpc) is 3.63. The van der Waals surface area contributed by atoms with Crippen LogP contribution in [0.1, 0.15) is 0 Å². The van der Waals surface area contributed by atoms with E-state index >= 15 is 0 Å². The lowest BCUT2D eigenvalue weighted by molar-refractivity contribution is 1.31. The predicted octanol–water partition coefficient (Wildman–Crippen LogP) is 12.7. The Hall–Kier alpha value is -4.96. The van der Waals surface area contributed by atoms with Crippen molar-refractivity contribution in [2.75, 3.05) is 4.90 Å². The molecule has 0 radical (unpaired) electrons. The Kier molecular flexibility index (Phi) is 5.62. The Morgan fingerprint density at radius 3 is 1.86 bits per heavy atom. The lowest BCUT2D eigenvalue weighted by atomic mass is 10.0. The van der Waals surface area contributed by atoms with Crippen molar-refractivity contribution in [2.24, 2.45) is 0 Å². The van der Waals surface area contributed by atoms with Crippen LogP contribution < -0.4 is 4.90 Å². The highest BCUT2D eigenvalue weighted by Crippen LogP contribution is 2.46. The van der Waals surface area contributed by atoms with Gasteiger partial charge in [0.1, 0.15) is 0 Å². The number of thiophene rings is 2. The highest BCUT2D eigenvalue weighted by Gasteiger charge is 2.19. The van der Waals surface area contributed by atoms with Gasteiger partial charge in [0.25, 0.3) is 0 Å². The van der Waals surface area contributed by atoms with E-state index in [1.165, 1.54) is 67.9 Å². The summed E-state index contributed by atoms with van der Waals surface area (Å²) >= 11 is 3.74. The first kappa shape index (κ1) is 24.6. The van der Waals surface area contributed by atoms with Gasteiger partial charge in [-0.05, 0) is 82.6 Å². The summed E-state index contributed by atoms with van der Waals surface area (Å²) < 4.78 is 5.28. The van der Waals surface area contributed by atoms with Crippen LogP contribution in [0.2, 0.25) is 0 Å². The Labute approximate surface area is 257 Å². The first-order valence-electron chi connectivity index (χ1n) is 14.5. The molecule has 0 aliphatic heterocycles. The molecule has 1 nitrogen and oxygen atoms in total. The number of hydrogen-bond acceptors (Lipinski definition) is 3. The lowest BCUT2D eigenvalue weighted by Crippen LogP contribution is -2.10. The molecular weight excluding hydrogens is 559 g/mol. The molecule has 9 aromatic rings. The summed E-state index contributed by atoms with van der Waals surface area (Å²) in [5, 5.41) is 7.79. The standard InChI is InChI=1S/C40H25NS2/c1-2-9-26(10-3-1)27-17-20-30(21-18-27)41(35-13-8-16-38-40(35)33-12-5-7-15-37(33)42-38)31-22-19-28-24-34-32-11-4-6-14-36(32)43-39(34)25-29(28)23-31/h1-25H. The van der Waals surface area contributed by atoms with Crippen molar-refractivity contribution in [1.29, 1.82) is 0 Å². The van der Waals surface area contributed by atoms with E-state index < -0.39 is 0 Å². The molecule has 0 saturated carbocycles. The molecule has 0 fully saturated rings. The molecule has 0 saturated heterocycles. The fourth-order valence-electron chi connectivity index (χ4n) is 6.40. The van der Waals surface area contributed by atoms with Crippen LogP contribution >= 0.6 is 22.7 Å². The third-order valence-electron chi connectivity index (χ3n) is 8.43. The van der Waals surface area contributed by atoms with Gasteiger partial charge in [0.05, 0.1) is 5.69 Å². The van der Waals surface area contributed by atoms with E-state index in [2.05, 4.69) is 157 Å². The number of benzene rings is 7. The minimum Gasteiger partial charge on any atom is -0.310 e. The van der Waals surface area contributed by atoms with Crippen LogP contribution in [0.4, 0.5) is 17.1 Å². The maximum atomic E-state index is 2.44. The second-order valence-electron chi connectivity index (χ2n) is 11.0. The van der Waals surface area contributed by atoms with E-state index in [4.69, 9.17) is 0 Å². The normalized spacial score (nSPS) is 11.7. The van der Waals surface area contributed by atoms with Crippen LogP contribution in [0.3, 0.4) is 0 Å². The summed E-state index contributed by atoms with van der Waals surface area (Å²) in [5.41, 5.74) is 5.94. The van der Waals surface area contributed by atoms with Crippen LogP contribution in [0.25, 0.3) is 62.2 Å². The van der Waals surface area contributed by atoms with Crippen LogP contribution in [-0.2, 0) is 0 Å². The van der Waals surface area contributed by atoms with Crippen molar-refractivity contribution in [3.8, 4) is 11.1 Å². The summed E-state index contributed by atoms with van der Waals surface area (Å²) in [6.45, 7) is 0. The molecular formula is C40H25NS2. The van der Waals surface area contributed by atoms with Crippen molar-refractivity contribution in [3.63, 3.8) is 0 Å². The van der Waals surface area contributed by atoms with E-state index in [1.54, 1.807) is 0 Å². The third-order valence-corrected chi connectivity index (χ3v) is 10.7. The first-order valence-corrected chi connectivity index (χ1v) is 16.1. The zero-order valence-electron chi connectivity index (χ0n) is 23.2. The molecule has 3 heteroatoms. The SMILES string of the molecule is c1ccc(-c2ccc(N(c3ccc4cc5c(cc4c3)sc3ccccc35)c3cccc4sc5ccccc5c34)cc2)cc1. The molecule has 0 spiro atoms. The highest BCUT2D eigenvalue weighted by atomic mass is 32.1. The summed E-state index contributed by atoms with van der Waals surface area (Å²) in [4.78, 5) is 2.44. The zero-order chi connectivity index (χ0) is 28.3. The smallest absolute Gasteiger partial charge is 0.0554 e. The molecule has 202 valence electrons. The van der Waals surface area contributed by atoms with Crippen molar-refractivity contribution >= 4 is 90.9 Å². The summed E-state index contributed by atoms with van der Waals surface area (Å²) in [6, 6.07) is 55.5. The molecule has 9 rings (SSSR count). The number of hydrogen-bond donors (Lipinski definition) is 0.